The molecule has 4 heteroatoms. The van der Waals surface area contributed by atoms with Crippen molar-refractivity contribution in [2.45, 2.75) is 40.2 Å². The number of ether oxygens (including phenoxy) is 1. The van der Waals surface area contributed by atoms with Gasteiger partial charge in [0.2, 0.25) is 0 Å². The van der Waals surface area contributed by atoms with Gasteiger partial charge in [0, 0.05) is 0 Å². The minimum absolute atomic E-state index is 0.0296. The van der Waals surface area contributed by atoms with Crippen LogP contribution in [0.2, 0.25) is 0 Å². The quantitative estimate of drug-likeness (QED) is 0.364. The van der Waals surface area contributed by atoms with Crippen molar-refractivity contribution in [3.63, 3.8) is 0 Å². The van der Waals surface area contributed by atoms with Gasteiger partial charge in [-0.05, 0) is 0 Å². The summed E-state index contributed by atoms with van der Waals surface area (Å²) in [4.78, 5) is 12.8. The zero-order valence-corrected chi connectivity index (χ0v) is 19.7. The fourth-order valence-corrected chi connectivity index (χ4v) is 5.51. The fraction of sp³-hybridized carbons (Fsp3) is 0.348. The predicted octanol–water partition coefficient (Wildman–Crippen LogP) is 5.39. The van der Waals surface area contributed by atoms with E-state index in [1.807, 2.05) is 37.3 Å². The van der Waals surface area contributed by atoms with Crippen LogP contribution in [0.1, 0.15) is 44.5 Å². The van der Waals surface area contributed by atoms with Gasteiger partial charge < -0.3 is 0 Å². The van der Waals surface area contributed by atoms with Crippen LogP contribution in [0.15, 0.2) is 69.6 Å². The van der Waals surface area contributed by atoms with Gasteiger partial charge in [-0.15, -0.1) is 0 Å². The van der Waals surface area contributed by atoms with Crippen LogP contribution in [0.25, 0.3) is 0 Å². The molecule has 2 rings (SSSR count). The van der Waals surface area contributed by atoms with Gasteiger partial charge in [0.1, 0.15) is 0 Å². The molecule has 2 aromatic rings. The van der Waals surface area contributed by atoms with Crippen LogP contribution in [0.4, 0.5) is 0 Å². The zero-order chi connectivity index (χ0) is 19.9. The number of allylic oxidation sites excluding steroid dienone is 1. The van der Waals surface area contributed by atoms with Crippen molar-refractivity contribution in [1.82, 2.24) is 0 Å². The van der Waals surface area contributed by atoms with Crippen molar-refractivity contribution in [2.75, 3.05) is 6.61 Å². The van der Waals surface area contributed by atoms with Crippen LogP contribution < -0.4 is 4.46 Å². The Hall–Kier alpha value is -1.19. The molecule has 2 nitrogen and oxygen atoms in total. The Labute approximate surface area is 177 Å². The van der Waals surface area contributed by atoms with Gasteiger partial charge in [0.05, 0.1) is 0 Å². The molecule has 2 aromatic carbocycles. The summed E-state index contributed by atoms with van der Waals surface area (Å²) < 4.78 is 9.55. The van der Waals surface area contributed by atoms with E-state index in [4.69, 9.17) is 4.74 Å². The number of benzene rings is 2. The summed E-state index contributed by atoms with van der Waals surface area (Å²) in [5.41, 5.74) is 0.757. The summed E-state index contributed by atoms with van der Waals surface area (Å²) in [5.74, 6) is 0.115. The zero-order valence-electron chi connectivity index (χ0n) is 16.4. The Kier molecular flexibility index (Phi) is 8.50. The Morgan fingerprint density at radius 3 is 2.30 bits per heavy atom. The molecule has 0 fully saturated rings. The van der Waals surface area contributed by atoms with Gasteiger partial charge >= 0.3 is 178 Å². The second-order valence-corrected chi connectivity index (χ2v) is 10.7. The number of rotatable bonds is 8. The van der Waals surface area contributed by atoms with E-state index >= 15 is 0 Å². The molecule has 0 heterocycles. The number of hydrogen-bond donors (Lipinski definition) is 0. The third-order valence-corrected chi connectivity index (χ3v) is 6.66. The van der Waals surface area contributed by atoms with E-state index < -0.39 is 0 Å². The van der Waals surface area contributed by atoms with Crippen molar-refractivity contribution in [3.8, 4) is 0 Å². The van der Waals surface area contributed by atoms with Gasteiger partial charge in [-0.1, -0.05) is 0 Å². The van der Waals surface area contributed by atoms with Crippen LogP contribution in [0.5, 0.6) is 0 Å². The van der Waals surface area contributed by atoms with Gasteiger partial charge in [0.15, 0.2) is 0 Å². The Morgan fingerprint density at radius 1 is 1.11 bits per heavy atom. The Bertz CT molecular complexity index is 761. The molecule has 1 atom stereocenters. The first-order valence-electron chi connectivity index (χ1n) is 9.14. The molecule has 0 aliphatic heterocycles. The van der Waals surface area contributed by atoms with E-state index in [0.29, 0.717) is 13.0 Å². The molecular formula is C23H27BrO2Se. The van der Waals surface area contributed by atoms with Crippen molar-refractivity contribution < 1.29 is 9.53 Å². The molecule has 1 unspecified atom stereocenters. The fourth-order valence-electron chi connectivity index (χ4n) is 2.60. The summed E-state index contributed by atoms with van der Waals surface area (Å²) in [5, 5.41) is 0. The predicted molar refractivity (Wildman–Crippen MR) is 118 cm³/mol. The van der Waals surface area contributed by atoms with E-state index in [1.165, 1.54) is 8.93 Å². The molecule has 0 bridgehead atoms. The molecule has 0 N–H and O–H groups in total. The maximum atomic E-state index is 12.8. The molecular weight excluding hydrogens is 467 g/mol. The van der Waals surface area contributed by atoms with Gasteiger partial charge in [-0.3, -0.25) is 0 Å². The second kappa shape index (κ2) is 10.4. The van der Waals surface area contributed by atoms with Gasteiger partial charge in [-0.25, -0.2) is 0 Å². The molecule has 0 aliphatic carbocycles. The number of ketones is 1. The average Bonchev–Trinajstić information content (AvgIpc) is 2.61. The Balaban J connectivity index is 2.28. The van der Waals surface area contributed by atoms with Crippen LogP contribution in [0, 0.1) is 5.41 Å². The van der Waals surface area contributed by atoms with Crippen molar-refractivity contribution >= 4 is 41.1 Å². The van der Waals surface area contributed by atoms with Crippen molar-refractivity contribution in [3.05, 3.63) is 75.2 Å². The first-order valence-corrected chi connectivity index (χ1v) is 11.6. The SMILES string of the molecule is CCOC(CC(=O)c1ccc(Br)cc1)/C(=C/C(C)(C)C)[Se]c1ccccc1. The van der Waals surface area contributed by atoms with Crippen molar-refractivity contribution in [1.29, 1.82) is 0 Å². The van der Waals surface area contributed by atoms with Crippen LogP contribution >= 0.6 is 15.9 Å². The number of carbonyl (C=O) groups excluding carboxylic acids is 1. The normalized spacial score (nSPS) is 13.4. The monoisotopic (exact) mass is 494 g/mol. The molecule has 0 amide bonds. The van der Waals surface area contributed by atoms with Gasteiger partial charge in [-0.2, -0.15) is 0 Å². The second-order valence-electron chi connectivity index (χ2n) is 7.41. The van der Waals surface area contributed by atoms with E-state index in [1.54, 1.807) is 0 Å². The topological polar surface area (TPSA) is 26.3 Å². The third kappa shape index (κ3) is 7.75. The summed E-state index contributed by atoms with van der Waals surface area (Å²) in [6.45, 7) is 9.14. The van der Waals surface area contributed by atoms with Crippen LogP contribution in [-0.4, -0.2) is 33.5 Å². The van der Waals surface area contributed by atoms with Gasteiger partial charge in [0.25, 0.3) is 0 Å². The van der Waals surface area contributed by atoms with Crippen LogP contribution in [0.3, 0.4) is 0 Å². The molecule has 0 spiro atoms. The van der Waals surface area contributed by atoms with Crippen LogP contribution in [-0.2, 0) is 4.74 Å². The molecule has 27 heavy (non-hydrogen) atoms. The number of halogens is 1. The van der Waals surface area contributed by atoms with Crippen molar-refractivity contribution in [2.24, 2.45) is 5.41 Å². The molecule has 0 radical (unpaired) electrons. The first-order chi connectivity index (χ1) is 12.8. The molecule has 0 saturated heterocycles. The molecule has 0 saturated carbocycles. The summed E-state index contributed by atoms with van der Waals surface area (Å²) in [6, 6.07) is 18.0. The number of carbonyl (C=O) groups is 1. The van der Waals surface area contributed by atoms with E-state index in [9.17, 15) is 4.79 Å². The molecule has 144 valence electrons. The summed E-state index contributed by atoms with van der Waals surface area (Å²) in [6.07, 6.45) is 2.46. The minimum atomic E-state index is -0.189. The maximum absolute atomic E-state index is 12.8. The molecule has 0 aromatic heterocycles. The summed E-state index contributed by atoms with van der Waals surface area (Å²) >= 11 is 3.54. The first kappa shape index (κ1) is 22.1. The Morgan fingerprint density at radius 2 is 1.74 bits per heavy atom. The average molecular weight is 494 g/mol. The summed E-state index contributed by atoms with van der Waals surface area (Å²) in [7, 11) is 0. The van der Waals surface area contributed by atoms with E-state index in [0.717, 1.165) is 10.0 Å². The van der Waals surface area contributed by atoms with E-state index in [-0.39, 0.29) is 32.3 Å². The number of Topliss-reactive ketones (excluding diaryl/α,β-unsaturated/α-hetero) is 1. The van der Waals surface area contributed by atoms with E-state index in [2.05, 4.69) is 67.0 Å². The number of hydrogen-bond acceptors (Lipinski definition) is 2. The molecule has 0 aliphatic rings. The standard InChI is InChI=1S/C23H27BrO2Se/c1-5-26-21(15-20(25)17-11-13-18(24)14-12-17)22(16-23(2,3)4)27-19-9-7-6-8-10-19/h6-14,16,21H,5,15H2,1-4H3/b22-16-. The third-order valence-electron chi connectivity index (χ3n) is 3.78.